The van der Waals surface area contributed by atoms with E-state index in [1.54, 1.807) is 25.5 Å². The van der Waals surface area contributed by atoms with Crippen LogP contribution in [0.25, 0.3) is 0 Å². The fourth-order valence-electron chi connectivity index (χ4n) is 2.42. The Balaban J connectivity index is 0.00000364. The maximum atomic E-state index is 5.55. The number of methoxy groups -OCH3 is 1. The molecule has 6 nitrogen and oxygen atoms in total. The van der Waals surface area contributed by atoms with Gasteiger partial charge in [0.1, 0.15) is 0 Å². The number of aliphatic imine (C=N–C) groups is 1. The van der Waals surface area contributed by atoms with E-state index >= 15 is 0 Å². The van der Waals surface area contributed by atoms with Crippen molar-refractivity contribution >= 4 is 41.3 Å². The second-order valence-corrected chi connectivity index (χ2v) is 6.79. The van der Waals surface area contributed by atoms with E-state index in [2.05, 4.69) is 27.5 Å². The van der Waals surface area contributed by atoms with Crippen LogP contribution in [0.4, 0.5) is 0 Å². The van der Waals surface area contributed by atoms with E-state index in [1.165, 1.54) is 4.88 Å². The molecule has 0 fully saturated rings. The molecule has 0 radical (unpaired) electrons. The first-order valence-electron chi connectivity index (χ1n) is 8.87. The number of thiazole rings is 1. The molecule has 0 aliphatic carbocycles. The third-order valence-corrected chi connectivity index (χ3v) is 4.99. The van der Waals surface area contributed by atoms with Gasteiger partial charge >= 0.3 is 0 Å². The van der Waals surface area contributed by atoms with Gasteiger partial charge in [-0.2, -0.15) is 0 Å². The normalized spacial score (nSPS) is 10.9. The Kier molecular flexibility index (Phi) is 11.1. The van der Waals surface area contributed by atoms with Crippen LogP contribution in [0.2, 0.25) is 0 Å². The Morgan fingerprint density at radius 3 is 2.67 bits per heavy atom. The van der Waals surface area contributed by atoms with E-state index in [1.807, 2.05) is 31.3 Å². The van der Waals surface area contributed by atoms with Crippen molar-refractivity contribution < 1.29 is 9.47 Å². The van der Waals surface area contributed by atoms with Crippen LogP contribution in [0.5, 0.6) is 11.5 Å². The summed E-state index contributed by atoms with van der Waals surface area (Å²) in [6.07, 6.45) is 3.90. The Hall–Kier alpha value is -1.55. The summed E-state index contributed by atoms with van der Waals surface area (Å²) >= 11 is 1.77. The standard InChI is InChI=1S/C19H28N4O2S.HI/c1-5-15-13-22-18(26-15)9-10-21-19(20-3)23-12-14-7-8-16(25-6-2)17(11-14)24-4;/h7-8,11,13H,5-6,9-10,12H2,1-4H3,(H2,20,21,23);1H. The van der Waals surface area contributed by atoms with Gasteiger partial charge in [-0.1, -0.05) is 13.0 Å². The number of ether oxygens (including phenoxy) is 2. The van der Waals surface area contributed by atoms with E-state index in [0.29, 0.717) is 13.2 Å². The second kappa shape index (κ2) is 12.8. The number of hydrogen-bond acceptors (Lipinski definition) is 5. The zero-order valence-electron chi connectivity index (χ0n) is 16.4. The Morgan fingerprint density at radius 1 is 1.22 bits per heavy atom. The van der Waals surface area contributed by atoms with Crippen molar-refractivity contribution in [2.75, 3.05) is 27.3 Å². The summed E-state index contributed by atoms with van der Waals surface area (Å²) in [7, 11) is 3.42. The molecule has 0 atom stereocenters. The van der Waals surface area contributed by atoms with Crippen LogP contribution in [0.15, 0.2) is 29.4 Å². The van der Waals surface area contributed by atoms with Crippen molar-refractivity contribution in [1.29, 1.82) is 0 Å². The van der Waals surface area contributed by atoms with Gasteiger partial charge in [0, 0.05) is 37.6 Å². The SMILES string of the molecule is CCOc1ccc(CNC(=NC)NCCc2ncc(CC)s2)cc1OC.I. The monoisotopic (exact) mass is 504 g/mol. The fourth-order valence-corrected chi connectivity index (χ4v) is 3.28. The summed E-state index contributed by atoms with van der Waals surface area (Å²) in [5.41, 5.74) is 1.10. The van der Waals surface area contributed by atoms with Crippen molar-refractivity contribution in [1.82, 2.24) is 15.6 Å². The molecule has 0 aliphatic rings. The summed E-state index contributed by atoms with van der Waals surface area (Å²) in [6.45, 7) is 6.17. The molecule has 8 heteroatoms. The molecule has 27 heavy (non-hydrogen) atoms. The van der Waals surface area contributed by atoms with Crippen LogP contribution in [0.1, 0.15) is 29.3 Å². The molecule has 1 heterocycles. The molecule has 0 saturated carbocycles. The number of hydrogen-bond donors (Lipinski definition) is 2. The van der Waals surface area contributed by atoms with Crippen molar-refractivity contribution in [2.24, 2.45) is 4.99 Å². The van der Waals surface area contributed by atoms with E-state index in [9.17, 15) is 0 Å². The maximum Gasteiger partial charge on any atom is 0.191 e. The largest absolute Gasteiger partial charge is 0.493 e. The summed E-state index contributed by atoms with van der Waals surface area (Å²) in [5.74, 6) is 2.27. The maximum absolute atomic E-state index is 5.55. The predicted octanol–water partition coefficient (Wildman–Crippen LogP) is 3.64. The number of nitrogens with zero attached hydrogens (tertiary/aromatic N) is 2. The topological polar surface area (TPSA) is 67.8 Å². The van der Waals surface area contributed by atoms with E-state index in [-0.39, 0.29) is 24.0 Å². The zero-order chi connectivity index (χ0) is 18.8. The summed E-state index contributed by atoms with van der Waals surface area (Å²) < 4.78 is 10.9. The average molecular weight is 504 g/mol. The molecule has 0 amide bonds. The molecule has 0 unspecified atom stereocenters. The van der Waals surface area contributed by atoms with Gasteiger partial charge in [0.15, 0.2) is 17.5 Å². The van der Waals surface area contributed by atoms with Gasteiger partial charge in [0.05, 0.1) is 18.7 Å². The lowest BCUT2D eigenvalue weighted by molar-refractivity contribution is 0.310. The number of guanidine groups is 1. The van der Waals surface area contributed by atoms with Crippen molar-refractivity contribution in [2.45, 2.75) is 33.2 Å². The summed E-state index contributed by atoms with van der Waals surface area (Å²) in [6, 6.07) is 5.94. The van der Waals surface area contributed by atoms with Gasteiger partial charge < -0.3 is 20.1 Å². The van der Waals surface area contributed by atoms with Crippen molar-refractivity contribution in [3.8, 4) is 11.5 Å². The van der Waals surface area contributed by atoms with Gasteiger partial charge in [0.2, 0.25) is 0 Å². The third kappa shape index (κ3) is 7.53. The minimum absolute atomic E-state index is 0. The summed E-state index contributed by atoms with van der Waals surface area (Å²) in [4.78, 5) is 10.0. The van der Waals surface area contributed by atoms with Gasteiger partial charge in [-0.05, 0) is 31.0 Å². The molecule has 150 valence electrons. The Labute approximate surface area is 182 Å². The average Bonchev–Trinajstić information content (AvgIpc) is 3.13. The quantitative estimate of drug-likeness (QED) is 0.310. The molecular weight excluding hydrogens is 475 g/mol. The lowest BCUT2D eigenvalue weighted by Gasteiger charge is -2.13. The minimum atomic E-state index is 0. The van der Waals surface area contributed by atoms with E-state index < -0.39 is 0 Å². The first kappa shape index (κ1) is 23.5. The number of aryl methyl sites for hydroxylation is 1. The van der Waals surface area contributed by atoms with E-state index in [0.717, 1.165) is 47.4 Å². The molecule has 1 aromatic carbocycles. The molecule has 2 rings (SSSR count). The molecule has 2 N–H and O–H groups in total. The van der Waals surface area contributed by atoms with Crippen LogP contribution in [-0.2, 0) is 19.4 Å². The van der Waals surface area contributed by atoms with Gasteiger partial charge in [-0.15, -0.1) is 35.3 Å². The molecule has 0 aliphatic heterocycles. The highest BCUT2D eigenvalue weighted by atomic mass is 127. The Morgan fingerprint density at radius 2 is 2.04 bits per heavy atom. The van der Waals surface area contributed by atoms with Crippen LogP contribution in [-0.4, -0.2) is 38.3 Å². The molecule has 0 spiro atoms. The third-order valence-electron chi connectivity index (χ3n) is 3.79. The molecule has 1 aromatic heterocycles. The van der Waals surface area contributed by atoms with Crippen LogP contribution >= 0.6 is 35.3 Å². The Bertz CT molecular complexity index is 721. The minimum Gasteiger partial charge on any atom is -0.493 e. The molecule has 0 bridgehead atoms. The lowest BCUT2D eigenvalue weighted by atomic mass is 10.2. The van der Waals surface area contributed by atoms with Crippen LogP contribution < -0.4 is 20.1 Å². The first-order valence-corrected chi connectivity index (χ1v) is 9.69. The van der Waals surface area contributed by atoms with E-state index in [4.69, 9.17) is 9.47 Å². The molecule has 2 aromatic rings. The number of halogens is 1. The van der Waals surface area contributed by atoms with Gasteiger partial charge in [-0.3, -0.25) is 4.99 Å². The van der Waals surface area contributed by atoms with Gasteiger partial charge in [0.25, 0.3) is 0 Å². The second-order valence-electron chi connectivity index (χ2n) is 5.59. The lowest BCUT2D eigenvalue weighted by Crippen LogP contribution is -2.37. The number of nitrogens with one attached hydrogen (secondary N) is 2. The smallest absolute Gasteiger partial charge is 0.191 e. The summed E-state index contributed by atoms with van der Waals surface area (Å²) in [5, 5.41) is 7.80. The van der Waals surface area contributed by atoms with Crippen LogP contribution in [0, 0.1) is 0 Å². The number of benzene rings is 1. The highest BCUT2D eigenvalue weighted by Gasteiger charge is 2.06. The molecular formula is C19H29IN4O2S. The first-order chi connectivity index (χ1) is 12.7. The van der Waals surface area contributed by atoms with Crippen molar-refractivity contribution in [3.63, 3.8) is 0 Å². The molecule has 0 saturated heterocycles. The predicted molar refractivity (Wildman–Crippen MR) is 123 cm³/mol. The fraction of sp³-hybridized carbons (Fsp3) is 0.474. The van der Waals surface area contributed by atoms with Crippen molar-refractivity contribution in [3.05, 3.63) is 39.8 Å². The van der Waals surface area contributed by atoms with Gasteiger partial charge in [-0.25, -0.2) is 4.98 Å². The van der Waals surface area contributed by atoms with Crippen LogP contribution in [0.3, 0.4) is 0 Å². The number of aromatic nitrogens is 1. The zero-order valence-corrected chi connectivity index (χ0v) is 19.5. The highest BCUT2D eigenvalue weighted by molar-refractivity contribution is 14.0. The number of rotatable bonds is 9. The highest BCUT2D eigenvalue weighted by Crippen LogP contribution is 2.27.